The lowest BCUT2D eigenvalue weighted by molar-refractivity contribution is 0.0946. The molecule has 1 unspecified atom stereocenters. The molecule has 2 fully saturated rings. The second-order valence-corrected chi connectivity index (χ2v) is 8.25. The van der Waals surface area contributed by atoms with E-state index in [0.29, 0.717) is 17.3 Å². The Hall–Kier alpha value is -2.68. The van der Waals surface area contributed by atoms with Crippen LogP contribution in [0.2, 0.25) is 0 Å². The molecule has 3 amide bonds. The van der Waals surface area contributed by atoms with Crippen LogP contribution in [0.4, 0.5) is 22.1 Å². The molecular formula is C19H19BrN6O2. The molecule has 1 saturated heterocycles. The number of rotatable bonds is 3. The fraction of sp³-hybridized carbons (Fsp3) is 0.368. The lowest BCUT2D eigenvalue weighted by Crippen LogP contribution is -2.48. The molecule has 2 aliphatic heterocycles. The molecule has 1 aliphatic carbocycles. The highest BCUT2D eigenvalue weighted by Crippen LogP contribution is 2.39. The standard InChI is InChI=1S/C19H19BrN6O2/c20-11-5-7-21-16(9-11)24-19(28)26-13-6-8-25(10-13)15-4-3-14(23-17(15)26)18(27)22-12-1-2-12/h3-5,7,9,12-13H,1-2,6,8,10H2,(H,22,27)(H,21,24,28). The summed E-state index contributed by atoms with van der Waals surface area (Å²) < 4.78 is 0.834. The molecule has 28 heavy (non-hydrogen) atoms. The van der Waals surface area contributed by atoms with Crippen LogP contribution in [0.5, 0.6) is 0 Å². The van der Waals surface area contributed by atoms with Gasteiger partial charge in [-0.2, -0.15) is 0 Å². The van der Waals surface area contributed by atoms with Crippen molar-refractivity contribution in [3.63, 3.8) is 0 Å². The van der Waals surface area contributed by atoms with Gasteiger partial charge >= 0.3 is 6.03 Å². The topological polar surface area (TPSA) is 90.5 Å². The number of halogens is 1. The van der Waals surface area contributed by atoms with E-state index in [1.54, 1.807) is 29.3 Å². The molecule has 2 aromatic rings. The maximum Gasteiger partial charge on any atom is 0.329 e. The number of anilines is 3. The molecular weight excluding hydrogens is 424 g/mol. The lowest BCUT2D eigenvalue weighted by atomic mass is 10.1. The van der Waals surface area contributed by atoms with E-state index in [1.807, 2.05) is 6.07 Å². The number of hydrogen-bond acceptors (Lipinski definition) is 5. The fourth-order valence-electron chi connectivity index (χ4n) is 3.73. The van der Waals surface area contributed by atoms with Gasteiger partial charge in [-0.05, 0) is 43.5 Å². The fourth-order valence-corrected chi connectivity index (χ4v) is 4.06. The van der Waals surface area contributed by atoms with Crippen molar-refractivity contribution < 1.29 is 9.59 Å². The zero-order valence-electron chi connectivity index (χ0n) is 15.1. The highest BCUT2D eigenvalue weighted by atomic mass is 79.9. The zero-order chi connectivity index (χ0) is 19.3. The van der Waals surface area contributed by atoms with Crippen LogP contribution in [-0.2, 0) is 0 Å². The summed E-state index contributed by atoms with van der Waals surface area (Å²) in [7, 11) is 0. The van der Waals surface area contributed by atoms with Crippen LogP contribution in [0.1, 0.15) is 29.8 Å². The van der Waals surface area contributed by atoms with E-state index in [4.69, 9.17) is 0 Å². The summed E-state index contributed by atoms with van der Waals surface area (Å²) in [4.78, 5) is 38.2. The van der Waals surface area contributed by atoms with Crippen molar-refractivity contribution in [1.29, 1.82) is 0 Å². The molecule has 144 valence electrons. The van der Waals surface area contributed by atoms with E-state index >= 15 is 0 Å². The molecule has 9 heteroatoms. The monoisotopic (exact) mass is 442 g/mol. The number of pyridine rings is 2. The molecule has 1 saturated carbocycles. The van der Waals surface area contributed by atoms with Crippen molar-refractivity contribution in [1.82, 2.24) is 15.3 Å². The van der Waals surface area contributed by atoms with Crippen LogP contribution < -0.4 is 20.4 Å². The predicted octanol–water partition coefficient (Wildman–Crippen LogP) is 2.76. The lowest BCUT2D eigenvalue weighted by Gasteiger charge is -2.35. The Kier molecular flexibility index (Phi) is 4.19. The van der Waals surface area contributed by atoms with Crippen LogP contribution >= 0.6 is 15.9 Å². The number of nitrogens with zero attached hydrogens (tertiary/aromatic N) is 4. The number of carbonyl (C=O) groups excluding carboxylic acids is 2. The number of aromatic nitrogens is 2. The number of amides is 3. The van der Waals surface area contributed by atoms with Gasteiger partial charge in [-0.25, -0.2) is 14.8 Å². The first-order chi connectivity index (χ1) is 13.6. The molecule has 2 aromatic heterocycles. The van der Waals surface area contributed by atoms with Crippen molar-refractivity contribution >= 4 is 45.2 Å². The number of nitrogens with one attached hydrogen (secondary N) is 2. The summed E-state index contributed by atoms with van der Waals surface area (Å²) in [5.74, 6) is 0.806. The van der Waals surface area contributed by atoms with Crippen LogP contribution in [0.15, 0.2) is 34.9 Å². The van der Waals surface area contributed by atoms with Crippen LogP contribution in [-0.4, -0.2) is 47.1 Å². The van der Waals surface area contributed by atoms with Gasteiger partial charge in [-0.15, -0.1) is 0 Å². The Labute approximate surface area is 170 Å². The largest absolute Gasteiger partial charge is 0.366 e. The normalized spacial score (nSPS) is 20.0. The van der Waals surface area contributed by atoms with Gasteiger partial charge in [0.25, 0.3) is 5.91 Å². The minimum Gasteiger partial charge on any atom is -0.366 e. The molecule has 8 nitrogen and oxygen atoms in total. The van der Waals surface area contributed by atoms with Crippen LogP contribution in [0.3, 0.4) is 0 Å². The molecule has 4 heterocycles. The van der Waals surface area contributed by atoms with E-state index in [1.165, 1.54) is 0 Å². The third kappa shape index (κ3) is 3.19. The summed E-state index contributed by atoms with van der Waals surface area (Å²) in [5, 5.41) is 5.81. The smallest absolute Gasteiger partial charge is 0.329 e. The van der Waals surface area contributed by atoms with Crippen molar-refractivity contribution in [3.05, 3.63) is 40.6 Å². The van der Waals surface area contributed by atoms with Crippen molar-refractivity contribution in [2.45, 2.75) is 31.3 Å². The summed E-state index contributed by atoms with van der Waals surface area (Å²) in [6.45, 7) is 1.63. The highest BCUT2D eigenvalue weighted by Gasteiger charge is 2.40. The summed E-state index contributed by atoms with van der Waals surface area (Å²) in [5.41, 5.74) is 1.22. The van der Waals surface area contributed by atoms with Gasteiger partial charge in [0.1, 0.15) is 11.5 Å². The first-order valence-electron chi connectivity index (χ1n) is 9.37. The molecule has 1 atom stereocenters. The second kappa shape index (κ2) is 6.73. The van der Waals surface area contributed by atoms with E-state index < -0.39 is 0 Å². The number of fused-ring (bicyclic) bond motifs is 4. The third-order valence-electron chi connectivity index (χ3n) is 5.27. The van der Waals surface area contributed by atoms with Crippen molar-refractivity contribution in [3.8, 4) is 0 Å². The average Bonchev–Trinajstić information content (AvgIpc) is 3.40. The van der Waals surface area contributed by atoms with E-state index in [0.717, 1.165) is 42.5 Å². The first-order valence-corrected chi connectivity index (χ1v) is 10.2. The van der Waals surface area contributed by atoms with Gasteiger partial charge < -0.3 is 10.2 Å². The van der Waals surface area contributed by atoms with Gasteiger partial charge in [0.15, 0.2) is 5.82 Å². The van der Waals surface area contributed by atoms with Gasteiger partial charge in [0, 0.05) is 29.8 Å². The van der Waals surface area contributed by atoms with Gasteiger partial charge in [0.05, 0.1) is 11.7 Å². The minimum absolute atomic E-state index is 0.0221. The summed E-state index contributed by atoms with van der Waals surface area (Å²) >= 11 is 3.39. The molecule has 3 aliphatic rings. The first kappa shape index (κ1) is 17.4. The number of urea groups is 1. The second-order valence-electron chi connectivity index (χ2n) is 7.33. The SMILES string of the molecule is O=C(NC1CC1)c1ccc2c(n1)N(C(=O)Nc1cc(Br)ccn1)C1CCN2C1. The molecule has 2 bridgehead atoms. The Bertz CT molecular complexity index is 963. The Balaban J connectivity index is 1.46. The summed E-state index contributed by atoms with van der Waals surface area (Å²) in [6.07, 6.45) is 4.51. The molecule has 0 spiro atoms. The molecule has 0 aromatic carbocycles. The van der Waals surface area contributed by atoms with E-state index in [-0.39, 0.29) is 24.0 Å². The Morgan fingerprint density at radius 2 is 2.04 bits per heavy atom. The van der Waals surface area contributed by atoms with E-state index in [2.05, 4.69) is 41.4 Å². The number of carbonyl (C=O) groups is 2. The Morgan fingerprint density at radius 1 is 1.18 bits per heavy atom. The zero-order valence-corrected chi connectivity index (χ0v) is 16.6. The van der Waals surface area contributed by atoms with Gasteiger partial charge in [0.2, 0.25) is 0 Å². The predicted molar refractivity (Wildman–Crippen MR) is 109 cm³/mol. The minimum atomic E-state index is -0.286. The average molecular weight is 443 g/mol. The van der Waals surface area contributed by atoms with Gasteiger partial charge in [-0.1, -0.05) is 15.9 Å². The Morgan fingerprint density at radius 3 is 2.82 bits per heavy atom. The molecule has 5 rings (SSSR count). The quantitative estimate of drug-likeness (QED) is 0.762. The van der Waals surface area contributed by atoms with Crippen LogP contribution in [0, 0.1) is 0 Å². The van der Waals surface area contributed by atoms with Crippen molar-refractivity contribution in [2.75, 3.05) is 28.2 Å². The van der Waals surface area contributed by atoms with E-state index in [9.17, 15) is 9.59 Å². The highest BCUT2D eigenvalue weighted by molar-refractivity contribution is 9.10. The van der Waals surface area contributed by atoms with Crippen molar-refractivity contribution in [2.24, 2.45) is 0 Å². The third-order valence-corrected chi connectivity index (χ3v) is 5.77. The summed E-state index contributed by atoms with van der Waals surface area (Å²) in [6, 6.07) is 7.17. The van der Waals surface area contributed by atoms with Gasteiger partial charge in [-0.3, -0.25) is 15.0 Å². The maximum atomic E-state index is 13.1. The maximum absolute atomic E-state index is 13.1. The van der Waals surface area contributed by atoms with Crippen LogP contribution in [0.25, 0.3) is 0 Å². The molecule has 2 N–H and O–H groups in total. The molecule has 0 radical (unpaired) electrons. The number of hydrogen-bond donors (Lipinski definition) is 2.